The predicted octanol–water partition coefficient (Wildman–Crippen LogP) is 3.97. The molecule has 1 aliphatic heterocycles. The quantitative estimate of drug-likeness (QED) is 0.726. The number of nitrogens with two attached hydrogens (primary N) is 1. The van der Waals surface area contributed by atoms with Gasteiger partial charge in [-0.25, -0.2) is 9.97 Å². The first-order valence-corrected chi connectivity index (χ1v) is 9.63. The monoisotopic (exact) mass is 393 g/mol. The maximum atomic E-state index is 6.31. The molecule has 0 bridgehead atoms. The Balaban J connectivity index is 1.69. The van der Waals surface area contributed by atoms with Gasteiger partial charge in [0.2, 0.25) is 5.95 Å². The van der Waals surface area contributed by atoms with Gasteiger partial charge in [0.1, 0.15) is 0 Å². The molecule has 1 aromatic carbocycles. The van der Waals surface area contributed by atoms with Crippen molar-refractivity contribution >= 4 is 46.6 Å². The van der Waals surface area contributed by atoms with Crippen LogP contribution < -0.4 is 10.6 Å². The van der Waals surface area contributed by atoms with Crippen molar-refractivity contribution in [2.45, 2.75) is 16.2 Å². The van der Waals surface area contributed by atoms with E-state index in [4.69, 9.17) is 28.9 Å². The first-order chi connectivity index (χ1) is 12.2. The van der Waals surface area contributed by atoms with Crippen LogP contribution in [0.25, 0.3) is 5.65 Å². The molecule has 130 valence electrons. The summed E-state index contributed by atoms with van der Waals surface area (Å²) in [7, 11) is 0. The molecular weight excluding hydrogens is 377 g/mol. The highest BCUT2D eigenvalue weighted by atomic mass is 35.5. The van der Waals surface area contributed by atoms with Gasteiger partial charge in [-0.15, -0.1) is 0 Å². The third-order valence-electron chi connectivity index (χ3n) is 4.41. The number of fused-ring (bicyclic) bond motifs is 1. The van der Waals surface area contributed by atoms with Crippen molar-refractivity contribution in [2.75, 3.05) is 24.5 Å². The zero-order chi connectivity index (χ0) is 17.4. The maximum Gasteiger partial charge on any atom is 0.211 e. The average Bonchev–Trinajstić information content (AvgIpc) is 3.28. The summed E-state index contributed by atoms with van der Waals surface area (Å²) < 4.78 is 2.03. The second-order valence-corrected chi connectivity index (χ2v) is 7.90. The maximum absolute atomic E-state index is 6.31. The highest BCUT2D eigenvalue weighted by molar-refractivity contribution is 7.99. The van der Waals surface area contributed by atoms with Crippen molar-refractivity contribution in [1.82, 2.24) is 14.4 Å². The fraction of sp³-hybridized carbons (Fsp3) is 0.294. The molecule has 0 amide bonds. The summed E-state index contributed by atoms with van der Waals surface area (Å²) in [6.07, 6.45) is 6.69. The Morgan fingerprint density at radius 3 is 2.92 bits per heavy atom. The van der Waals surface area contributed by atoms with Crippen molar-refractivity contribution in [2.24, 2.45) is 11.7 Å². The lowest BCUT2D eigenvalue weighted by Gasteiger charge is -2.19. The molecule has 1 fully saturated rings. The minimum Gasteiger partial charge on any atom is -0.342 e. The third-order valence-corrected chi connectivity index (χ3v) is 6.41. The number of aromatic nitrogens is 3. The molecule has 5 nitrogen and oxygen atoms in total. The van der Waals surface area contributed by atoms with Gasteiger partial charge in [-0.05, 0) is 31.0 Å². The molecule has 8 heteroatoms. The number of nitrogens with zero attached hydrogens (tertiary/aromatic N) is 4. The van der Waals surface area contributed by atoms with Crippen LogP contribution in [0.5, 0.6) is 0 Å². The second-order valence-electron chi connectivity index (χ2n) is 6.03. The van der Waals surface area contributed by atoms with Gasteiger partial charge in [0, 0.05) is 36.6 Å². The van der Waals surface area contributed by atoms with Crippen LogP contribution in [0.15, 0.2) is 46.6 Å². The molecule has 3 heterocycles. The Labute approximate surface area is 160 Å². The number of rotatable bonds is 4. The van der Waals surface area contributed by atoms with Crippen LogP contribution in [-0.2, 0) is 0 Å². The normalized spacial score (nSPS) is 17.6. The topological polar surface area (TPSA) is 59.5 Å². The van der Waals surface area contributed by atoms with Gasteiger partial charge in [-0.2, -0.15) is 0 Å². The molecule has 1 saturated heterocycles. The van der Waals surface area contributed by atoms with Crippen LogP contribution in [0.1, 0.15) is 6.42 Å². The average molecular weight is 394 g/mol. The zero-order valence-electron chi connectivity index (χ0n) is 13.4. The number of imidazole rings is 1. The van der Waals surface area contributed by atoms with Crippen molar-refractivity contribution in [3.8, 4) is 0 Å². The van der Waals surface area contributed by atoms with Gasteiger partial charge in [-0.1, -0.05) is 41.0 Å². The number of hydrogen-bond donors (Lipinski definition) is 1. The smallest absolute Gasteiger partial charge is 0.211 e. The van der Waals surface area contributed by atoms with E-state index < -0.39 is 0 Å². The third kappa shape index (κ3) is 3.19. The van der Waals surface area contributed by atoms with Crippen LogP contribution in [0.4, 0.5) is 5.95 Å². The van der Waals surface area contributed by atoms with Crippen molar-refractivity contribution in [3.05, 3.63) is 46.8 Å². The van der Waals surface area contributed by atoms with Crippen LogP contribution in [0, 0.1) is 5.92 Å². The van der Waals surface area contributed by atoms with Crippen LogP contribution in [0.3, 0.4) is 0 Å². The van der Waals surface area contributed by atoms with Gasteiger partial charge in [-0.3, -0.25) is 4.40 Å². The highest BCUT2D eigenvalue weighted by Gasteiger charge is 2.24. The standard InChI is InChI=1S/C17H17Cl2N5S/c18-12-2-1-3-13(15(12)19)25-14-9-22-17(24-7-5-21-16(14)24)23-6-4-11(8-20)10-23/h1-3,5,7,9,11H,4,6,8,10,20H2. The molecule has 0 radical (unpaired) electrons. The number of hydrogen-bond acceptors (Lipinski definition) is 5. The molecule has 3 aromatic rings. The predicted molar refractivity (Wildman–Crippen MR) is 103 cm³/mol. The largest absolute Gasteiger partial charge is 0.342 e. The summed E-state index contributed by atoms with van der Waals surface area (Å²) in [4.78, 5) is 13.3. The molecule has 2 N–H and O–H groups in total. The lowest BCUT2D eigenvalue weighted by Crippen LogP contribution is -2.25. The Bertz CT molecular complexity index is 913. The first-order valence-electron chi connectivity index (χ1n) is 8.06. The summed E-state index contributed by atoms with van der Waals surface area (Å²) in [6, 6.07) is 5.61. The van der Waals surface area contributed by atoms with E-state index in [0.717, 1.165) is 40.9 Å². The van der Waals surface area contributed by atoms with Crippen LogP contribution in [0.2, 0.25) is 10.0 Å². The summed E-state index contributed by atoms with van der Waals surface area (Å²) in [6.45, 7) is 2.61. The Kier molecular flexibility index (Phi) is 4.78. The van der Waals surface area contributed by atoms with E-state index in [1.807, 2.05) is 28.9 Å². The first kappa shape index (κ1) is 17.0. The molecule has 0 aliphatic carbocycles. The van der Waals surface area contributed by atoms with Gasteiger partial charge in [0.05, 0.1) is 14.9 Å². The van der Waals surface area contributed by atoms with E-state index in [-0.39, 0.29) is 0 Å². The van der Waals surface area contributed by atoms with Gasteiger partial charge >= 0.3 is 0 Å². The molecule has 2 aromatic heterocycles. The van der Waals surface area contributed by atoms with E-state index in [0.29, 0.717) is 22.5 Å². The van der Waals surface area contributed by atoms with Crippen LogP contribution in [-0.4, -0.2) is 34.0 Å². The summed E-state index contributed by atoms with van der Waals surface area (Å²) in [5.74, 6) is 1.43. The Morgan fingerprint density at radius 2 is 2.12 bits per heavy atom. The number of benzene rings is 1. The lowest BCUT2D eigenvalue weighted by molar-refractivity contribution is 0.601. The number of anilines is 1. The molecule has 0 spiro atoms. The SMILES string of the molecule is NCC1CCN(c2ncc(Sc3cccc(Cl)c3Cl)c3nccn23)C1. The van der Waals surface area contributed by atoms with Gasteiger partial charge < -0.3 is 10.6 Å². The fourth-order valence-corrected chi connectivity index (χ4v) is 4.48. The zero-order valence-corrected chi connectivity index (χ0v) is 15.7. The molecular formula is C17H17Cl2N5S. The fourth-order valence-electron chi connectivity index (χ4n) is 3.08. The van der Waals surface area contributed by atoms with E-state index in [9.17, 15) is 0 Å². The Hall–Kier alpha value is -1.47. The van der Waals surface area contributed by atoms with E-state index in [2.05, 4.69) is 14.9 Å². The number of halogens is 2. The summed E-state index contributed by atoms with van der Waals surface area (Å²) >= 11 is 13.9. The second kappa shape index (κ2) is 7.03. The summed E-state index contributed by atoms with van der Waals surface area (Å²) in [5.41, 5.74) is 6.67. The minimum atomic E-state index is 0.527. The van der Waals surface area contributed by atoms with Gasteiger partial charge in [0.15, 0.2) is 5.65 Å². The molecule has 0 saturated carbocycles. The highest BCUT2D eigenvalue weighted by Crippen LogP contribution is 2.38. The molecule has 1 aliphatic rings. The Morgan fingerprint density at radius 1 is 1.24 bits per heavy atom. The lowest BCUT2D eigenvalue weighted by atomic mass is 10.1. The molecule has 4 rings (SSSR count). The van der Waals surface area contributed by atoms with Crippen molar-refractivity contribution < 1.29 is 0 Å². The molecule has 1 atom stereocenters. The van der Waals surface area contributed by atoms with E-state index in [1.54, 1.807) is 12.3 Å². The van der Waals surface area contributed by atoms with Gasteiger partial charge in [0.25, 0.3) is 0 Å². The van der Waals surface area contributed by atoms with E-state index in [1.165, 1.54) is 11.8 Å². The summed E-state index contributed by atoms with van der Waals surface area (Å²) in [5, 5.41) is 1.09. The van der Waals surface area contributed by atoms with Crippen LogP contribution >= 0.6 is 35.0 Å². The van der Waals surface area contributed by atoms with E-state index >= 15 is 0 Å². The molecule has 25 heavy (non-hydrogen) atoms. The van der Waals surface area contributed by atoms with Crippen molar-refractivity contribution in [3.63, 3.8) is 0 Å². The minimum absolute atomic E-state index is 0.527. The van der Waals surface area contributed by atoms with Crippen molar-refractivity contribution in [1.29, 1.82) is 0 Å². The molecule has 1 unspecified atom stereocenters.